The molecule has 0 aromatic heterocycles. The average Bonchev–Trinajstić information content (AvgIpc) is 2.21. The summed E-state index contributed by atoms with van der Waals surface area (Å²) in [6, 6.07) is 0.845. The predicted molar refractivity (Wildman–Crippen MR) is 61.3 cm³/mol. The second kappa shape index (κ2) is 6.68. The van der Waals surface area contributed by atoms with Crippen molar-refractivity contribution >= 4 is 11.8 Å². The highest BCUT2D eigenvalue weighted by Crippen LogP contribution is 2.21. The molecule has 0 aliphatic carbocycles. The first-order valence-electron chi connectivity index (χ1n) is 5.40. The molecule has 78 valence electrons. The van der Waals surface area contributed by atoms with Crippen LogP contribution in [-0.4, -0.2) is 42.1 Å². The summed E-state index contributed by atoms with van der Waals surface area (Å²) in [5, 5.41) is 0. The van der Waals surface area contributed by atoms with Gasteiger partial charge in [0.05, 0.1) is 0 Å². The summed E-state index contributed by atoms with van der Waals surface area (Å²) < 4.78 is 0. The van der Waals surface area contributed by atoms with Gasteiger partial charge in [-0.3, -0.25) is 0 Å². The molecule has 13 heavy (non-hydrogen) atoms. The quantitative estimate of drug-likeness (QED) is 0.733. The maximum atomic E-state index is 5.53. The van der Waals surface area contributed by atoms with E-state index < -0.39 is 0 Å². The fourth-order valence-electron chi connectivity index (χ4n) is 1.94. The number of nitrogens with two attached hydrogens (primary N) is 1. The van der Waals surface area contributed by atoms with E-state index in [-0.39, 0.29) is 0 Å². The number of thioether (sulfide) groups is 1. The van der Waals surface area contributed by atoms with Gasteiger partial charge >= 0.3 is 0 Å². The van der Waals surface area contributed by atoms with Gasteiger partial charge < -0.3 is 10.6 Å². The Morgan fingerprint density at radius 3 is 2.62 bits per heavy atom. The van der Waals surface area contributed by atoms with Crippen LogP contribution in [0.5, 0.6) is 0 Å². The molecule has 0 spiro atoms. The second-order valence-electron chi connectivity index (χ2n) is 3.61. The highest BCUT2D eigenvalue weighted by atomic mass is 32.2. The van der Waals surface area contributed by atoms with Gasteiger partial charge in [0, 0.05) is 6.04 Å². The second-order valence-corrected chi connectivity index (χ2v) is 4.84. The van der Waals surface area contributed by atoms with Crippen molar-refractivity contribution in [2.45, 2.75) is 32.2 Å². The lowest BCUT2D eigenvalue weighted by molar-refractivity contribution is 0.194. The van der Waals surface area contributed by atoms with Crippen molar-refractivity contribution in [3.05, 3.63) is 0 Å². The van der Waals surface area contributed by atoms with Gasteiger partial charge in [-0.15, -0.1) is 0 Å². The molecule has 0 amide bonds. The standard InChI is InChI=1S/C10H22N2S/c1-2-12(7-3-6-11)10-4-8-13-9-5-10/h10H,2-9,11H2,1H3. The van der Waals surface area contributed by atoms with Crippen molar-refractivity contribution in [2.75, 3.05) is 31.1 Å². The molecule has 1 aliphatic heterocycles. The third kappa shape index (κ3) is 3.88. The zero-order chi connectivity index (χ0) is 9.52. The summed E-state index contributed by atoms with van der Waals surface area (Å²) in [4.78, 5) is 2.60. The Hall–Kier alpha value is 0.270. The molecule has 2 N–H and O–H groups in total. The lowest BCUT2D eigenvalue weighted by atomic mass is 10.1. The van der Waals surface area contributed by atoms with Crippen LogP contribution >= 0.6 is 11.8 Å². The van der Waals surface area contributed by atoms with E-state index in [1.54, 1.807) is 0 Å². The smallest absolute Gasteiger partial charge is 0.0111 e. The monoisotopic (exact) mass is 202 g/mol. The Morgan fingerprint density at radius 2 is 2.08 bits per heavy atom. The van der Waals surface area contributed by atoms with Gasteiger partial charge in [-0.25, -0.2) is 0 Å². The van der Waals surface area contributed by atoms with Crippen molar-refractivity contribution in [2.24, 2.45) is 5.73 Å². The molecule has 0 aromatic carbocycles. The molecule has 3 heteroatoms. The predicted octanol–water partition coefficient (Wildman–Crippen LogP) is 1.55. The average molecular weight is 202 g/mol. The maximum absolute atomic E-state index is 5.53. The Balaban J connectivity index is 2.26. The van der Waals surface area contributed by atoms with Crippen molar-refractivity contribution in [3.8, 4) is 0 Å². The van der Waals surface area contributed by atoms with E-state index in [0.717, 1.165) is 19.0 Å². The van der Waals surface area contributed by atoms with Crippen molar-refractivity contribution in [1.29, 1.82) is 0 Å². The molecule has 0 saturated carbocycles. The van der Waals surface area contributed by atoms with Gasteiger partial charge in [0.15, 0.2) is 0 Å². The van der Waals surface area contributed by atoms with Crippen LogP contribution in [0.4, 0.5) is 0 Å². The Morgan fingerprint density at radius 1 is 1.38 bits per heavy atom. The molecule has 1 heterocycles. The fourth-order valence-corrected chi connectivity index (χ4v) is 3.03. The van der Waals surface area contributed by atoms with Crippen LogP contribution in [-0.2, 0) is 0 Å². The summed E-state index contributed by atoms with van der Waals surface area (Å²) in [5.74, 6) is 2.70. The molecular weight excluding hydrogens is 180 g/mol. The molecule has 1 saturated heterocycles. The van der Waals surface area contributed by atoms with Gasteiger partial charge in [-0.1, -0.05) is 6.92 Å². The number of hydrogen-bond acceptors (Lipinski definition) is 3. The zero-order valence-corrected chi connectivity index (χ0v) is 9.48. The number of hydrogen-bond donors (Lipinski definition) is 1. The molecule has 0 unspecified atom stereocenters. The summed E-state index contributed by atoms with van der Waals surface area (Å²) >= 11 is 2.10. The maximum Gasteiger partial charge on any atom is 0.0111 e. The first-order valence-corrected chi connectivity index (χ1v) is 6.55. The van der Waals surface area contributed by atoms with E-state index in [9.17, 15) is 0 Å². The van der Waals surface area contributed by atoms with E-state index in [1.807, 2.05) is 0 Å². The van der Waals surface area contributed by atoms with Crippen LogP contribution in [0, 0.1) is 0 Å². The lowest BCUT2D eigenvalue weighted by Gasteiger charge is -2.33. The van der Waals surface area contributed by atoms with E-state index in [0.29, 0.717) is 0 Å². The first-order chi connectivity index (χ1) is 6.38. The van der Waals surface area contributed by atoms with Gasteiger partial charge in [-0.05, 0) is 50.4 Å². The fraction of sp³-hybridized carbons (Fsp3) is 1.00. The summed E-state index contributed by atoms with van der Waals surface area (Å²) in [7, 11) is 0. The Labute approximate surface area is 86.2 Å². The number of rotatable bonds is 5. The molecule has 0 atom stereocenters. The zero-order valence-electron chi connectivity index (χ0n) is 8.67. The van der Waals surface area contributed by atoms with Crippen molar-refractivity contribution in [1.82, 2.24) is 4.90 Å². The van der Waals surface area contributed by atoms with Gasteiger partial charge in [0.25, 0.3) is 0 Å². The molecule has 0 aromatic rings. The van der Waals surface area contributed by atoms with Gasteiger partial charge in [0.1, 0.15) is 0 Å². The SMILES string of the molecule is CCN(CCCN)C1CCSCC1. The Kier molecular flexibility index (Phi) is 5.83. The van der Waals surface area contributed by atoms with Gasteiger partial charge in [-0.2, -0.15) is 11.8 Å². The van der Waals surface area contributed by atoms with Crippen LogP contribution in [0.3, 0.4) is 0 Å². The minimum Gasteiger partial charge on any atom is -0.330 e. The third-order valence-corrected chi connectivity index (χ3v) is 3.81. The van der Waals surface area contributed by atoms with Crippen LogP contribution in [0.2, 0.25) is 0 Å². The lowest BCUT2D eigenvalue weighted by Crippen LogP contribution is -2.38. The molecule has 0 bridgehead atoms. The van der Waals surface area contributed by atoms with Gasteiger partial charge in [0.2, 0.25) is 0 Å². The molecular formula is C10H22N2S. The molecule has 1 aliphatic rings. The van der Waals surface area contributed by atoms with E-state index >= 15 is 0 Å². The van der Waals surface area contributed by atoms with E-state index in [4.69, 9.17) is 5.73 Å². The normalized spacial score (nSPS) is 19.6. The van der Waals surface area contributed by atoms with Crippen LogP contribution < -0.4 is 5.73 Å². The first kappa shape index (κ1) is 11.3. The van der Waals surface area contributed by atoms with E-state index in [2.05, 4.69) is 23.6 Å². The molecule has 1 fully saturated rings. The van der Waals surface area contributed by atoms with Crippen LogP contribution in [0.1, 0.15) is 26.2 Å². The van der Waals surface area contributed by atoms with Crippen molar-refractivity contribution < 1.29 is 0 Å². The molecule has 0 radical (unpaired) electrons. The highest BCUT2D eigenvalue weighted by Gasteiger charge is 2.18. The largest absolute Gasteiger partial charge is 0.330 e. The summed E-state index contributed by atoms with van der Waals surface area (Å²) in [6.45, 7) is 5.48. The summed E-state index contributed by atoms with van der Waals surface area (Å²) in [5.41, 5.74) is 5.53. The van der Waals surface area contributed by atoms with Crippen LogP contribution in [0.25, 0.3) is 0 Å². The Bertz CT molecular complexity index is 124. The minimum atomic E-state index is 0.831. The summed E-state index contributed by atoms with van der Waals surface area (Å²) in [6.07, 6.45) is 3.91. The molecule has 1 rings (SSSR count). The molecule has 2 nitrogen and oxygen atoms in total. The van der Waals surface area contributed by atoms with Crippen LogP contribution in [0.15, 0.2) is 0 Å². The number of nitrogens with zero attached hydrogens (tertiary/aromatic N) is 1. The minimum absolute atomic E-state index is 0.831. The highest BCUT2D eigenvalue weighted by molar-refractivity contribution is 7.99. The third-order valence-electron chi connectivity index (χ3n) is 2.76. The van der Waals surface area contributed by atoms with E-state index in [1.165, 1.54) is 37.4 Å². The van der Waals surface area contributed by atoms with Crippen molar-refractivity contribution in [3.63, 3.8) is 0 Å². The topological polar surface area (TPSA) is 29.3 Å².